The van der Waals surface area contributed by atoms with Gasteiger partial charge in [0.05, 0.1) is 18.3 Å². The lowest BCUT2D eigenvalue weighted by Crippen LogP contribution is -2.50. The Morgan fingerprint density at radius 1 is 1.24 bits per heavy atom. The van der Waals surface area contributed by atoms with Gasteiger partial charge in [0.1, 0.15) is 23.1 Å². The molecule has 1 aromatic heterocycles. The third-order valence-electron chi connectivity index (χ3n) is 5.66. The topological polar surface area (TPSA) is 86.5 Å². The number of rotatable bonds is 6. The van der Waals surface area contributed by atoms with Gasteiger partial charge in [-0.15, -0.1) is 0 Å². The van der Waals surface area contributed by atoms with Gasteiger partial charge in [0.25, 0.3) is 0 Å². The van der Waals surface area contributed by atoms with Crippen LogP contribution in [0.25, 0.3) is 22.2 Å². The Bertz CT molecular complexity index is 1040. The smallest absolute Gasteiger partial charge is 0.237 e. The van der Waals surface area contributed by atoms with Crippen molar-refractivity contribution in [3.63, 3.8) is 0 Å². The van der Waals surface area contributed by atoms with Crippen LogP contribution >= 0.6 is 0 Å². The number of fused-ring (bicyclic) bond motifs is 1. The number of amides is 1. The molecule has 0 radical (unpaired) electrons. The lowest BCUT2D eigenvalue weighted by Gasteiger charge is -2.24. The summed E-state index contributed by atoms with van der Waals surface area (Å²) in [4.78, 5) is 16.8. The molecular formula is C23H25N3O3. The molecule has 6 nitrogen and oxygen atoms in total. The summed E-state index contributed by atoms with van der Waals surface area (Å²) >= 11 is 0. The Balaban J connectivity index is 1.74. The van der Waals surface area contributed by atoms with Gasteiger partial charge in [0.2, 0.25) is 5.91 Å². The third kappa shape index (κ3) is 3.63. The van der Waals surface area contributed by atoms with Crippen LogP contribution in [0.3, 0.4) is 0 Å². The highest BCUT2D eigenvalue weighted by molar-refractivity contribution is 5.89. The Kier molecular flexibility index (Phi) is 5.11. The first-order chi connectivity index (χ1) is 14.0. The normalized spacial score (nSPS) is 21.2. The molecule has 2 atom stereocenters. The number of nitrogens with two attached hydrogens (primary N) is 1. The van der Waals surface area contributed by atoms with E-state index >= 15 is 0 Å². The first kappa shape index (κ1) is 19.2. The van der Waals surface area contributed by atoms with Gasteiger partial charge >= 0.3 is 0 Å². The maximum Gasteiger partial charge on any atom is 0.237 e. The molecule has 2 unspecified atom stereocenters. The van der Waals surface area contributed by atoms with Crippen molar-refractivity contribution in [1.29, 1.82) is 0 Å². The number of pyridine rings is 1. The van der Waals surface area contributed by atoms with Crippen LogP contribution in [0.2, 0.25) is 0 Å². The predicted octanol–water partition coefficient (Wildman–Crippen LogP) is 3.29. The molecule has 0 saturated carbocycles. The summed E-state index contributed by atoms with van der Waals surface area (Å²) in [6, 6.07) is 17.7. The fourth-order valence-corrected chi connectivity index (χ4v) is 3.89. The van der Waals surface area contributed by atoms with Crippen LogP contribution in [0.4, 0.5) is 0 Å². The largest absolute Gasteiger partial charge is 0.497 e. The molecule has 2 aromatic carbocycles. The molecule has 2 heterocycles. The van der Waals surface area contributed by atoms with Gasteiger partial charge in [-0.1, -0.05) is 37.3 Å². The maximum atomic E-state index is 12.0. The fourth-order valence-electron chi connectivity index (χ4n) is 3.89. The van der Waals surface area contributed by atoms with E-state index in [0.717, 1.165) is 33.7 Å². The highest BCUT2D eigenvalue weighted by Crippen LogP contribution is 2.34. The molecule has 29 heavy (non-hydrogen) atoms. The molecule has 3 N–H and O–H groups in total. The zero-order chi connectivity index (χ0) is 20.4. The standard InChI is InChI=1S/C23H25N3O3/c1-3-23(22(24)27)13-17(14-25-23)29-21-12-19(15-7-5-4-6-8-15)26-20-11-16(28-2)9-10-18(20)21/h4-12,17,25H,3,13-14H2,1-2H3,(H2,24,27). The Morgan fingerprint density at radius 2 is 2.03 bits per heavy atom. The molecule has 0 spiro atoms. The zero-order valence-corrected chi connectivity index (χ0v) is 16.6. The number of benzene rings is 2. The summed E-state index contributed by atoms with van der Waals surface area (Å²) in [6.45, 7) is 2.53. The molecule has 150 valence electrons. The Morgan fingerprint density at radius 3 is 2.69 bits per heavy atom. The van der Waals surface area contributed by atoms with Gasteiger partial charge in [-0.25, -0.2) is 4.98 Å². The minimum atomic E-state index is -0.709. The summed E-state index contributed by atoms with van der Waals surface area (Å²) < 4.78 is 11.7. The van der Waals surface area contributed by atoms with Crippen LogP contribution in [0.1, 0.15) is 19.8 Å². The van der Waals surface area contributed by atoms with E-state index in [1.807, 2.05) is 61.5 Å². The van der Waals surface area contributed by atoms with E-state index < -0.39 is 5.54 Å². The first-order valence-corrected chi connectivity index (χ1v) is 9.80. The van der Waals surface area contributed by atoms with E-state index in [0.29, 0.717) is 19.4 Å². The number of nitrogens with one attached hydrogen (secondary N) is 1. The van der Waals surface area contributed by atoms with E-state index in [2.05, 4.69) is 5.32 Å². The van der Waals surface area contributed by atoms with Crippen molar-refractivity contribution in [2.45, 2.75) is 31.4 Å². The molecule has 1 fully saturated rings. The van der Waals surface area contributed by atoms with Gasteiger partial charge in [-0.2, -0.15) is 0 Å². The lowest BCUT2D eigenvalue weighted by atomic mass is 9.93. The predicted molar refractivity (Wildman–Crippen MR) is 113 cm³/mol. The number of nitrogens with zero attached hydrogens (tertiary/aromatic N) is 1. The molecule has 0 aliphatic carbocycles. The van der Waals surface area contributed by atoms with Gasteiger partial charge in [-0.05, 0) is 18.6 Å². The number of methoxy groups -OCH3 is 1. The van der Waals surface area contributed by atoms with Gasteiger partial charge < -0.3 is 15.2 Å². The SMILES string of the molecule is CCC1(C(N)=O)CC(Oc2cc(-c3ccccc3)nc3cc(OC)ccc23)CN1. The molecule has 1 saturated heterocycles. The molecule has 6 heteroatoms. The second-order valence-corrected chi connectivity index (χ2v) is 7.38. The van der Waals surface area contributed by atoms with Crippen LogP contribution in [0, 0.1) is 0 Å². The van der Waals surface area contributed by atoms with Gasteiger partial charge in [-0.3, -0.25) is 10.1 Å². The van der Waals surface area contributed by atoms with Crippen LogP contribution in [0.5, 0.6) is 11.5 Å². The van der Waals surface area contributed by atoms with Crippen molar-refractivity contribution in [2.24, 2.45) is 5.73 Å². The number of aromatic nitrogens is 1. The zero-order valence-electron chi connectivity index (χ0n) is 16.6. The molecule has 4 rings (SSSR count). The molecule has 3 aromatic rings. The number of ether oxygens (including phenoxy) is 2. The van der Waals surface area contributed by atoms with Crippen molar-refractivity contribution >= 4 is 16.8 Å². The summed E-state index contributed by atoms with van der Waals surface area (Å²) in [5.74, 6) is 1.14. The lowest BCUT2D eigenvalue weighted by molar-refractivity contribution is -0.124. The van der Waals surface area contributed by atoms with Crippen LogP contribution < -0.4 is 20.5 Å². The minimum Gasteiger partial charge on any atom is -0.497 e. The second kappa shape index (κ2) is 7.72. The third-order valence-corrected chi connectivity index (χ3v) is 5.66. The highest BCUT2D eigenvalue weighted by Gasteiger charge is 2.43. The fraction of sp³-hybridized carbons (Fsp3) is 0.304. The average Bonchev–Trinajstić information content (AvgIpc) is 3.18. The van der Waals surface area contributed by atoms with Crippen LogP contribution in [0.15, 0.2) is 54.6 Å². The van der Waals surface area contributed by atoms with E-state index in [-0.39, 0.29) is 12.0 Å². The highest BCUT2D eigenvalue weighted by atomic mass is 16.5. The van der Waals surface area contributed by atoms with Crippen molar-refractivity contribution in [1.82, 2.24) is 10.3 Å². The number of carbonyl (C=O) groups excluding carboxylic acids is 1. The minimum absolute atomic E-state index is 0.154. The van der Waals surface area contributed by atoms with Crippen molar-refractivity contribution < 1.29 is 14.3 Å². The molecule has 0 bridgehead atoms. The number of primary amides is 1. The van der Waals surface area contributed by atoms with Crippen LogP contribution in [-0.4, -0.2) is 36.2 Å². The summed E-state index contributed by atoms with van der Waals surface area (Å²) in [5, 5.41) is 4.17. The molecule has 1 amide bonds. The summed E-state index contributed by atoms with van der Waals surface area (Å²) in [5.41, 5.74) is 7.56. The van der Waals surface area contributed by atoms with E-state index in [9.17, 15) is 4.79 Å². The monoisotopic (exact) mass is 391 g/mol. The first-order valence-electron chi connectivity index (χ1n) is 9.80. The summed E-state index contributed by atoms with van der Waals surface area (Å²) in [7, 11) is 1.64. The van der Waals surface area contributed by atoms with Gasteiger partial charge in [0, 0.05) is 36.0 Å². The van der Waals surface area contributed by atoms with Gasteiger partial charge in [0.15, 0.2) is 0 Å². The van der Waals surface area contributed by atoms with Crippen LogP contribution in [-0.2, 0) is 4.79 Å². The van der Waals surface area contributed by atoms with Crippen molar-refractivity contribution in [2.75, 3.05) is 13.7 Å². The van der Waals surface area contributed by atoms with Crippen molar-refractivity contribution in [3.05, 3.63) is 54.6 Å². The van der Waals surface area contributed by atoms with E-state index in [1.165, 1.54) is 0 Å². The number of carbonyl (C=O) groups is 1. The maximum absolute atomic E-state index is 12.0. The second-order valence-electron chi connectivity index (χ2n) is 7.38. The molecule has 1 aliphatic heterocycles. The quantitative estimate of drug-likeness (QED) is 0.673. The van der Waals surface area contributed by atoms with E-state index in [4.69, 9.17) is 20.2 Å². The molecule has 1 aliphatic rings. The Labute approximate surface area is 170 Å². The number of hydrogen-bond donors (Lipinski definition) is 2. The summed E-state index contributed by atoms with van der Waals surface area (Å²) in [6.07, 6.45) is 1.02. The Hall–Kier alpha value is -3.12. The van der Waals surface area contributed by atoms with E-state index in [1.54, 1.807) is 7.11 Å². The number of hydrogen-bond acceptors (Lipinski definition) is 5. The molecular weight excluding hydrogens is 366 g/mol. The van der Waals surface area contributed by atoms with Crippen molar-refractivity contribution in [3.8, 4) is 22.8 Å². The average molecular weight is 391 g/mol.